The van der Waals surface area contributed by atoms with Gasteiger partial charge in [-0.2, -0.15) is 0 Å². The van der Waals surface area contributed by atoms with E-state index in [0.29, 0.717) is 21.6 Å². The number of fused-ring (bicyclic) bond motifs is 3. The highest BCUT2D eigenvalue weighted by Gasteiger charge is 2.16. The van der Waals surface area contributed by atoms with E-state index in [1.54, 1.807) is 35.9 Å². The third-order valence-corrected chi connectivity index (χ3v) is 6.61. The first-order chi connectivity index (χ1) is 13.5. The molecule has 0 unspecified atom stereocenters. The summed E-state index contributed by atoms with van der Waals surface area (Å²) in [5, 5.41) is 13.5. The molecule has 0 saturated carbocycles. The van der Waals surface area contributed by atoms with Crippen molar-refractivity contribution in [1.29, 1.82) is 0 Å². The van der Waals surface area contributed by atoms with Gasteiger partial charge in [-0.3, -0.25) is 9.20 Å². The second-order valence-electron chi connectivity index (χ2n) is 6.07. The normalized spacial score (nSPS) is 11.3. The van der Waals surface area contributed by atoms with Crippen molar-refractivity contribution in [2.24, 2.45) is 0 Å². The highest BCUT2D eigenvalue weighted by atomic mass is 35.5. The van der Waals surface area contributed by atoms with Crippen molar-refractivity contribution in [1.82, 2.24) is 19.6 Å². The molecule has 1 N–H and O–H groups in total. The number of aromatic nitrogens is 4. The molecule has 0 atom stereocenters. The van der Waals surface area contributed by atoms with E-state index in [2.05, 4.69) is 34.3 Å². The third kappa shape index (κ3) is 3.41. The van der Waals surface area contributed by atoms with Gasteiger partial charge in [-0.1, -0.05) is 23.4 Å². The molecule has 0 aliphatic rings. The van der Waals surface area contributed by atoms with Crippen molar-refractivity contribution in [3.63, 3.8) is 0 Å². The number of thiophene rings is 1. The highest BCUT2D eigenvalue weighted by Crippen LogP contribution is 2.32. The fourth-order valence-electron chi connectivity index (χ4n) is 2.82. The lowest BCUT2D eigenvalue weighted by Gasteiger charge is -2.10. The van der Waals surface area contributed by atoms with Crippen LogP contribution in [0.2, 0.25) is 5.02 Å². The molecule has 4 aromatic rings. The van der Waals surface area contributed by atoms with E-state index in [9.17, 15) is 4.79 Å². The van der Waals surface area contributed by atoms with Gasteiger partial charge in [-0.15, -0.1) is 21.5 Å². The summed E-state index contributed by atoms with van der Waals surface area (Å²) in [5.41, 5.74) is 2.44. The Balaban J connectivity index is 1.54. The Kier molecular flexibility index (Phi) is 5.13. The number of anilines is 1. The van der Waals surface area contributed by atoms with Gasteiger partial charge in [-0.25, -0.2) is 4.98 Å². The first-order valence-electron chi connectivity index (χ1n) is 8.33. The molecule has 0 aliphatic carbocycles. The zero-order chi connectivity index (χ0) is 19.8. The smallest absolute Gasteiger partial charge is 0.234 e. The van der Waals surface area contributed by atoms with Crippen LogP contribution in [0.3, 0.4) is 0 Å². The maximum Gasteiger partial charge on any atom is 0.234 e. The first-order valence-corrected chi connectivity index (χ1v) is 10.5. The number of aryl methyl sites for hydroxylation is 2. The van der Waals surface area contributed by atoms with Crippen LogP contribution in [-0.2, 0) is 4.79 Å². The van der Waals surface area contributed by atoms with Crippen LogP contribution in [0.15, 0.2) is 29.7 Å². The molecule has 0 saturated heterocycles. The van der Waals surface area contributed by atoms with E-state index >= 15 is 0 Å². The van der Waals surface area contributed by atoms with Crippen LogP contribution < -0.4 is 10.1 Å². The Labute approximate surface area is 174 Å². The summed E-state index contributed by atoms with van der Waals surface area (Å²) in [6.07, 6.45) is 1.70. The van der Waals surface area contributed by atoms with Crippen LogP contribution in [0, 0.1) is 13.8 Å². The predicted molar refractivity (Wildman–Crippen MR) is 113 cm³/mol. The van der Waals surface area contributed by atoms with Crippen LogP contribution in [0.1, 0.15) is 10.4 Å². The monoisotopic (exact) mass is 433 g/mol. The van der Waals surface area contributed by atoms with E-state index < -0.39 is 0 Å². The molecular weight excluding hydrogens is 418 g/mol. The number of nitrogens with one attached hydrogen (secondary N) is 1. The minimum Gasteiger partial charge on any atom is -0.495 e. The molecule has 0 radical (unpaired) electrons. The summed E-state index contributed by atoms with van der Waals surface area (Å²) in [5.74, 6) is 0.514. The lowest BCUT2D eigenvalue weighted by Crippen LogP contribution is -2.15. The molecule has 0 aliphatic heterocycles. The fraction of sp³-hybridized carbons (Fsp3) is 0.222. The first kappa shape index (κ1) is 19.0. The van der Waals surface area contributed by atoms with Gasteiger partial charge in [-0.05, 0) is 37.6 Å². The molecule has 1 aromatic carbocycles. The molecule has 3 heterocycles. The summed E-state index contributed by atoms with van der Waals surface area (Å²) in [7, 11) is 1.54. The van der Waals surface area contributed by atoms with Crippen LogP contribution in [0.4, 0.5) is 5.69 Å². The van der Waals surface area contributed by atoms with Crippen LogP contribution >= 0.6 is 34.7 Å². The largest absolute Gasteiger partial charge is 0.495 e. The number of hydrogen-bond acceptors (Lipinski definition) is 7. The number of hydrogen-bond donors (Lipinski definition) is 1. The predicted octanol–water partition coefficient (Wildman–Crippen LogP) is 4.35. The van der Waals surface area contributed by atoms with Crippen LogP contribution in [0.5, 0.6) is 5.75 Å². The van der Waals surface area contributed by atoms with Gasteiger partial charge in [0.15, 0.2) is 10.8 Å². The Morgan fingerprint density at radius 1 is 1.36 bits per heavy atom. The van der Waals surface area contributed by atoms with Gasteiger partial charge in [0, 0.05) is 9.90 Å². The summed E-state index contributed by atoms with van der Waals surface area (Å²) < 4.78 is 7.07. The van der Waals surface area contributed by atoms with Gasteiger partial charge < -0.3 is 10.1 Å². The van der Waals surface area contributed by atoms with Crippen LogP contribution in [0.25, 0.3) is 15.9 Å². The molecule has 1 amide bonds. The number of halogens is 1. The third-order valence-electron chi connectivity index (χ3n) is 4.31. The molecule has 0 fully saturated rings. The summed E-state index contributed by atoms with van der Waals surface area (Å²) in [4.78, 5) is 19.1. The molecular formula is C18H16ClN5O2S2. The lowest BCUT2D eigenvalue weighted by atomic mass is 10.2. The maximum atomic E-state index is 12.4. The summed E-state index contributed by atoms with van der Waals surface area (Å²) >= 11 is 8.93. The van der Waals surface area contributed by atoms with Crippen molar-refractivity contribution in [3.05, 3.63) is 40.0 Å². The Morgan fingerprint density at radius 2 is 2.18 bits per heavy atom. The Hall–Kier alpha value is -2.36. The standard InChI is InChI=1S/C18H16ClN5O2S2/c1-9-10(2)28-17-15(9)16-22-23-18(24(16)8-20-17)27-7-14(25)21-12-6-11(19)4-5-13(12)26-3/h4-6,8H,7H2,1-3H3,(H,21,25). The second kappa shape index (κ2) is 7.57. The van der Waals surface area contributed by atoms with Gasteiger partial charge in [0.05, 0.1) is 23.9 Å². The number of nitrogens with zero attached hydrogens (tertiary/aromatic N) is 4. The average molecular weight is 434 g/mol. The van der Waals surface area contributed by atoms with Crippen molar-refractivity contribution in [2.45, 2.75) is 19.0 Å². The van der Waals surface area contributed by atoms with Gasteiger partial charge in [0.25, 0.3) is 0 Å². The number of ether oxygens (including phenoxy) is 1. The zero-order valence-corrected chi connectivity index (χ0v) is 17.7. The topological polar surface area (TPSA) is 81.4 Å². The average Bonchev–Trinajstić information content (AvgIpc) is 3.21. The van der Waals surface area contributed by atoms with E-state index in [1.165, 1.54) is 23.7 Å². The van der Waals surface area contributed by atoms with Crippen molar-refractivity contribution in [3.8, 4) is 5.75 Å². The minimum absolute atomic E-state index is 0.163. The number of methoxy groups -OCH3 is 1. The molecule has 4 rings (SSSR count). The molecule has 7 nitrogen and oxygen atoms in total. The number of rotatable bonds is 5. The van der Waals surface area contributed by atoms with E-state index in [1.807, 2.05) is 4.40 Å². The SMILES string of the molecule is COc1ccc(Cl)cc1NC(=O)CSc1nnc2c3c(C)c(C)sc3ncn12. The minimum atomic E-state index is -0.195. The van der Waals surface area contributed by atoms with E-state index in [0.717, 1.165) is 21.4 Å². The summed E-state index contributed by atoms with van der Waals surface area (Å²) in [6, 6.07) is 5.06. The molecule has 0 bridgehead atoms. The molecule has 10 heteroatoms. The Bertz CT molecular complexity index is 1200. The molecule has 3 aromatic heterocycles. The second-order valence-corrected chi connectivity index (χ2v) is 8.65. The van der Waals surface area contributed by atoms with Crippen molar-refractivity contribution >= 4 is 62.2 Å². The number of benzene rings is 1. The molecule has 0 spiro atoms. The maximum absolute atomic E-state index is 12.4. The van der Waals surface area contributed by atoms with Crippen molar-refractivity contribution in [2.75, 3.05) is 18.2 Å². The van der Waals surface area contributed by atoms with Crippen LogP contribution in [-0.4, -0.2) is 38.4 Å². The highest BCUT2D eigenvalue weighted by molar-refractivity contribution is 7.99. The lowest BCUT2D eigenvalue weighted by molar-refractivity contribution is -0.113. The number of amides is 1. The van der Waals surface area contributed by atoms with E-state index in [-0.39, 0.29) is 11.7 Å². The fourth-order valence-corrected chi connectivity index (χ4v) is 4.68. The van der Waals surface area contributed by atoms with Gasteiger partial charge >= 0.3 is 0 Å². The number of carbonyl (C=O) groups is 1. The molecule has 144 valence electrons. The Morgan fingerprint density at radius 3 is 2.96 bits per heavy atom. The molecule has 28 heavy (non-hydrogen) atoms. The van der Waals surface area contributed by atoms with Gasteiger partial charge in [0.1, 0.15) is 16.9 Å². The van der Waals surface area contributed by atoms with Gasteiger partial charge in [0.2, 0.25) is 5.91 Å². The number of thioether (sulfide) groups is 1. The summed E-state index contributed by atoms with van der Waals surface area (Å²) in [6.45, 7) is 4.13. The van der Waals surface area contributed by atoms with E-state index in [4.69, 9.17) is 16.3 Å². The quantitative estimate of drug-likeness (QED) is 0.471. The number of carbonyl (C=O) groups excluding carboxylic acids is 1. The zero-order valence-electron chi connectivity index (χ0n) is 15.3. The van der Waals surface area contributed by atoms with Crippen molar-refractivity contribution < 1.29 is 9.53 Å².